The number of para-hydroxylation sites is 2. The molecule has 2 aromatic rings. The van der Waals surface area contributed by atoms with Gasteiger partial charge in [0.1, 0.15) is 6.10 Å². The second-order valence-electron chi connectivity index (χ2n) is 3.79. The van der Waals surface area contributed by atoms with Crippen LogP contribution >= 0.6 is 0 Å². The third-order valence-electron chi connectivity index (χ3n) is 2.69. The van der Waals surface area contributed by atoms with Gasteiger partial charge < -0.3 is 15.2 Å². The molecule has 0 fully saturated rings. The smallest absolute Gasteiger partial charge is 0.226 e. The summed E-state index contributed by atoms with van der Waals surface area (Å²) in [5.41, 5.74) is 6.62. The second-order valence-corrected chi connectivity index (χ2v) is 3.79. The number of benzene rings is 1. The Bertz CT molecular complexity index is 542. The minimum Gasteiger partial charge on any atom is -0.480 e. The Kier molecular flexibility index (Phi) is 2.42. The molecule has 0 unspecified atom stereocenters. The van der Waals surface area contributed by atoms with Gasteiger partial charge in [0.2, 0.25) is 5.88 Å². The van der Waals surface area contributed by atoms with Crippen molar-refractivity contribution >= 4 is 0 Å². The van der Waals surface area contributed by atoms with E-state index < -0.39 is 0 Å². The predicted molar refractivity (Wildman–Crippen MR) is 63.2 cm³/mol. The molecule has 1 atom stereocenters. The van der Waals surface area contributed by atoms with Gasteiger partial charge in [0.25, 0.3) is 0 Å². The van der Waals surface area contributed by atoms with Crippen LogP contribution in [-0.2, 0) is 0 Å². The summed E-state index contributed by atoms with van der Waals surface area (Å²) < 4.78 is 11.6. The quantitative estimate of drug-likeness (QED) is 0.813. The van der Waals surface area contributed by atoms with Crippen molar-refractivity contribution in [2.45, 2.75) is 6.10 Å². The first-order chi connectivity index (χ1) is 8.38. The van der Waals surface area contributed by atoms with Gasteiger partial charge in [0.05, 0.1) is 5.56 Å². The minimum atomic E-state index is -0.220. The molecule has 0 spiro atoms. The number of hydrogen-bond acceptors (Lipinski definition) is 4. The van der Waals surface area contributed by atoms with E-state index in [1.807, 2.05) is 36.4 Å². The normalized spacial score (nSPS) is 17.1. The third kappa shape index (κ3) is 1.72. The van der Waals surface area contributed by atoms with Gasteiger partial charge in [-0.15, -0.1) is 0 Å². The largest absolute Gasteiger partial charge is 0.480 e. The van der Waals surface area contributed by atoms with Crippen molar-refractivity contribution < 1.29 is 9.47 Å². The molecule has 86 valence electrons. The zero-order valence-corrected chi connectivity index (χ0v) is 9.17. The molecule has 4 nitrogen and oxygen atoms in total. The lowest BCUT2D eigenvalue weighted by Gasteiger charge is -2.15. The fourth-order valence-corrected chi connectivity index (χ4v) is 1.86. The number of pyridine rings is 1. The molecule has 0 saturated carbocycles. The molecule has 0 aliphatic carbocycles. The number of nitrogens with zero attached hydrogens (tertiary/aromatic N) is 1. The molecule has 3 rings (SSSR count). The lowest BCUT2D eigenvalue weighted by atomic mass is 10.1. The maximum Gasteiger partial charge on any atom is 0.226 e. The fraction of sp³-hybridized carbons (Fsp3) is 0.154. The summed E-state index contributed by atoms with van der Waals surface area (Å²) in [6.07, 6.45) is 1.47. The first-order valence-corrected chi connectivity index (χ1v) is 5.47. The molecule has 17 heavy (non-hydrogen) atoms. The van der Waals surface area contributed by atoms with E-state index in [0.29, 0.717) is 23.9 Å². The van der Waals surface area contributed by atoms with Crippen LogP contribution in [0.1, 0.15) is 11.7 Å². The van der Waals surface area contributed by atoms with E-state index >= 15 is 0 Å². The number of rotatable bonds is 1. The Balaban J connectivity index is 2.13. The van der Waals surface area contributed by atoms with Crippen molar-refractivity contribution in [2.24, 2.45) is 5.73 Å². The van der Waals surface area contributed by atoms with E-state index in [1.165, 1.54) is 0 Å². The maximum atomic E-state index is 5.84. The summed E-state index contributed by atoms with van der Waals surface area (Å²) in [6.45, 7) is 0.385. The van der Waals surface area contributed by atoms with E-state index in [2.05, 4.69) is 4.98 Å². The van der Waals surface area contributed by atoms with Gasteiger partial charge >= 0.3 is 0 Å². The molecule has 1 aliphatic heterocycles. The van der Waals surface area contributed by atoms with Crippen molar-refractivity contribution in [2.75, 3.05) is 6.54 Å². The average Bonchev–Trinajstić information content (AvgIpc) is 2.54. The molecule has 1 aromatic carbocycles. The molecular weight excluding hydrogens is 216 g/mol. The van der Waals surface area contributed by atoms with Crippen LogP contribution in [0.4, 0.5) is 0 Å². The second kappa shape index (κ2) is 4.07. The average molecular weight is 228 g/mol. The van der Waals surface area contributed by atoms with Crippen molar-refractivity contribution in [1.82, 2.24) is 4.98 Å². The Morgan fingerprint density at radius 3 is 2.76 bits per heavy atom. The van der Waals surface area contributed by atoms with Crippen LogP contribution in [0.15, 0.2) is 42.6 Å². The Morgan fingerprint density at radius 1 is 1.12 bits per heavy atom. The third-order valence-corrected chi connectivity index (χ3v) is 2.69. The highest BCUT2D eigenvalue weighted by Gasteiger charge is 2.23. The van der Waals surface area contributed by atoms with Gasteiger partial charge in [-0.3, -0.25) is 0 Å². The zero-order valence-electron chi connectivity index (χ0n) is 9.17. The SMILES string of the molecule is NC[C@@H]1Oc2ccccc2Oc2ncccc21. The number of fused-ring (bicyclic) bond motifs is 2. The van der Waals surface area contributed by atoms with Crippen LogP contribution in [0, 0.1) is 0 Å². The summed E-state index contributed by atoms with van der Waals surface area (Å²) >= 11 is 0. The monoisotopic (exact) mass is 228 g/mol. The van der Waals surface area contributed by atoms with Crippen LogP contribution in [-0.4, -0.2) is 11.5 Å². The number of ether oxygens (including phenoxy) is 2. The molecule has 0 radical (unpaired) electrons. The highest BCUT2D eigenvalue weighted by Crippen LogP contribution is 2.39. The molecule has 0 amide bonds. The van der Waals surface area contributed by atoms with Gasteiger partial charge in [-0.05, 0) is 24.3 Å². The van der Waals surface area contributed by atoms with E-state index in [-0.39, 0.29) is 6.10 Å². The molecule has 2 N–H and O–H groups in total. The van der Waals surface area contributed by atoms with Crippen molar-refractivity contribution in [1.29, 1.82) is 0 Å². The van der Waals surface area contributed by atoms with E-state index in [4.69, 9.17) is 15.2 Å². The highest BCUT2D eigenvalue weighted by atomic mass is 16.5. The number of hydrogen-bond donors (Lipinski definition) is 1. The molecule has 4 heteroatoms. The first kappa shape index (κ1) is 10.1. The van der Waals surface area contributed by atoms with Gasteiger partial charge in [-0.25, -0.2) is 4.98 Å². The summed E-state index contributed by atoms with van der Waals surface area (Å²) in [7, 11) is 0. The van der Waals surface area contributed by atoms with E-state index in [9.17, 15) is 0 Å². The molecule has 1 aromatic heterocycles. The van der Waals surface area contributed by atoms with Crippen LogP contribution in [0.3, 0.4) is 0 Å². The maximum absolute atomic E-state index is 5.84. The Morgan fingerprint density at radius 2 is 1.94 bits per heavy atom. The van der Waals surface area contributed by atoms with E-state index in [1.54, 1.807) is 6.20 Å². The van der Waals surface area contributed by atoms with Gasteiger partial charge in [-0.1, -0.05) is 12.1 Å². The first-order valence-electron chi connectivity index (χ1n) is 5.47. The lowest BCUT2D eigenvalue weighted by Crippen LogP contribution is -2.17. The number of aromatic nitrogens is 1. The van der Waals surface area contributed by atoms with Crippen molar-refractivity contribution in [3.63, 3.8) is 0 Å². The summed E-state index contributed by atoms with van der Waals surface area (Å²) in [6, 6.07) is 11.3. The van der Waals surface area contributed by atoms with Gasteiger partial charge in [0.15, 0.2) is 11.5 Å². The molecule has 1 aliphatic rings. The topological polar surface area (TPSA) is 57.4 Å². The Hall–Kier alpha value is -2.07. The van der Waals surface area contributed by atoms with Crippen LogP contribution in [0.2, 0.25) is 0 Å². The summed E-state index contributed by atoms with van der Waals surface area (Å²) in [5.74, 6) is 1.93. The lowest BCUT2D eigenvalue weighted by molar-refractivity contribution is 0.216. The fourth-order valence-electron chi connectivity index (χ4n) is 1.86. The van der Waals surface area contributed by atoms with Crippen molar-refractivity contribution in [3.8, 4) is 17.4 Å². The predicted octanol–water partition coefficient (Wildman–Crippen LogP) is 2.27. The molecular formula is C13H12N2O2. The molecule has 2 heterocycles. The van der Waals surface area contributed by atoms with Crippen LogP contribution < -0.4 is 15.2 Å². The summed E-state index contributed by atoms with van der Waals surface area (Å²) in [5, 5.41) is 0. The summed E-state index contributed by atoms with van der Waals surface area (Å²) in [4.78, 5) is 4.22. The van der Waals surface area contributed by atoms with Crippen LogP contribution in [0.5, 0.6) is 17.4 Å². The van der Waals surface area contributed by atoms with Gasteiger partial charge in [0, 0.05) is 12.7 Å². The van der Waals surface area contributed by atoms with E-state index in [0.717, 1.165) is 5.56 Å². The minimum absolute atomic E-state index is 0.220. The Labute approximate surface area is 99.0 Å². The number of nitrogens with two attached hydrogens (primary N) is 1. The zero-order chi connectivity index (χ0) is 11.7. The van der Waals surface area contributed by atoms with Crippen molar-refractivity contribution in [3.05, 3.63) is 48.2 Å². The molecule has 0 bridgehead atoms. The highest BCUT2D eigenvalue weighted by molar-refractivity contribution is 5.46. The molecule has 0 saturated heterocycles. The standard InChI is InChI=1S/C13H12N2O2/c14-8-12-9-4-3-7-15-13(9)17-11-6-2-1-5-10(11)16-12/h1-7,12H,8,14H2/t12-/m0/s1. The van der Waals surface area contributed by atoms with Gasteiger partial charge in [-0.2, -0.15) is 0 Å². The van der Waals surface area contributed by atoms with Crippen LogP contribution in [0.25, 0.3) is 0 Å².